The van der Waals surface area contributed by atoms with Gasteiger partial charge in [-0.3, -0.25) is 9.78 Å². The smallest absolute Gasteiger partial charge is 0.255 e. The molecular weight excluding hydrogens is 326 g/mol. The zero-order valence-corrected chi connectivity index (χ0v) is 14.8. The maximum Gasteiger partial charge on any atom is 0.255 e. The normalized spacial score (nSPS) is 23.5. The number of amides is 1. The Morgan fingerprint density at radius 3 is 2.62 bits per heavy atom. The molecule has 3 fully saturated rings. The van der Waals surface area contributed by atoms with E-state index in [1.54, 1.807) is 10.5 Å². The van der Waals surface area contributed by atoms with Crippen LogP contribution in [0.5, 0.6) is 0 Å². The van der Waals surface area contributed by atoms with Crippen LogP contribution < -0.4 is 0 Å². The Hall–Kier alpha value is -1.47. The summed E-state index contributed by atoms with van der Waals surface area (Å²) in [5, 5.41) is -0.145. The van der Waals surface area contributed by atoms with Crippen molar-refractivity contribution in [1.82, 2.24) is 14.2 Å². The third-order valence-corrected chi connectivity index (χ3v) is 7.83. The Morgan fingerprint density at radius 1 is 1.29 bits per heavy atom. The van der Waals surface area contributed by atoms with Crippen LogP contribution in [0.4, 0.5) is 0 Å². The van der Waals surface area contributed by atoms with Gasteiger partial charge in [0.1, 0.15) is 0 Å². The highest BCUT2D eigenvalue weighted by molar-refractivity contribution is 7.90. The fourth-order valence-electron chi connectivity index (χ4n) is 3.80. The highest BCUT2D eigenvalue weighted by Gasteiger charge is 2.53. The van der Waals surface area contributed by atoms with Crippen molar-refractivity contribution in [1.29, 1.82) is 0 Å². The lowest BCUT2D eigenvalue weighted by molar-refractivity contribution is 0.0136. The lowest BCUT2D eigenvalue weighted by Gasteiger charge is -2.48. The number of carbonyl (C=O) groups is 1. The first-order valence-corrected chi connectivity index (χ1v) is 10.2. The van der Waals surface area contributed by atoms with E-state index in [4.69, 9.17) is 0 Å². The summed E-state index contributed by atoms with van der Waals surface area (Å²) >= 11 is 0. The van der Waals surface area contributed by atoms with Crippen molar-refractivity contribution in [2.75, 3.05) is 26.2 Å². The van der Waals surface area contributed by atoms with Gasteiger partial charge in [0.2, 0.25) is 10.0 Å². The number of nitrogens with zero attached hydrogens (tertiary/aromatic N) is 3. The molecule has 0 unspecified atom stereocenters. The first kappa shape index (κ1) is 16.0. The molecule has 0 radical (unpaired) electrons. The van der Waals surface area contributed by atoms with E-state index >= 15 is 0 Å². The van der Waals surface area contributed by atoms with Crippen molar-refractivity contribution in [2.45, 2.75) is 37.9 Å². The molecule has 0 N–H and O–H groups in total. The summed E-state index contributed by atoms with van der Waals surface area (Å²) < 4.78 is 26.4. The lowest BCUT2D eigenvalue weighted by Crippen LogP contribution is -2.59. The second kappa shape index (κ2) is 5.52. The quantitative estimate of drug-likeness (QED) is 0.821. The van der Waals surface area contributed by atoms with Gasteiger partial charge in [-0.1, -0.05) is 6.92 Å². The summed E-state index contributed by atoms with van der Waals surface area (Å²) in [4.78, 5) is 18.6. The fraction of sp³-hybridized carbons (Fsp3) is 0.647. The number of hydrogen-bond acceptors (Lipinski definition) is 4. The van der Waals surface area contributed by atoms with E-state index in [-0.39, 0.29) is 16.6 Å². The number of aromatic nitrogens is 1. The molecule has 0 bridgehead atoms. The molecule has 1 amide bonds. The van der Waals surface area contributed by atoms with Crippen LogP contribution in [0.15, 0.2) is 18.3 Å². The molecule has 3 heterocycles. The molecule has 2 saturated heterocycles. The molecule has 130 valence electrons. The van der Waals surface area contributed by atoms with Gasteiger partial charge < -0.3 is 4.90 Å². The summed E-state index contributed by atoms with van der Waals surface area (Å²) in [5.41, 5.74) is 1.56. The maximum absolute atomic E-state index is 12.5. The molecule has 1 aliphatic carbocycles. The summed E-state index contributed by atoms with van der Waals surface area (Å²) in [5.74, 6) is -0.000668. The van der Waals surface area contributed by atoms with Crippen LogP contribution in [0.2, 0.25) is 0 Å². The Labute approximate surface area is 142 Å². The lowest BCUT2D eigenvalue weighted by atomic mass is 9.79. The van der Waals surface area contributed by atoms with Gasteiger partial charge >= 0.3 is 0 Å². The van der Waals surface area contributed by atoms with Crippen LogP contribution >= 0.6 is 0 Å². The topological polar surface area (TPSA) is 70.6 Å². The van der Waals surface area contributed by atoms with E-state index in [9.17, 15) is 13.2 Å². The van der Waals surface area contributed by atoms with Crippen LogP contribution in [-0.2, 0) is 16.4 Å². The van der Waals surface area contributed by atoms with Gasteiger partial charge in [0.05, 0.1) is 10.8 Å². The van der Waals surface area contributed by atoms with Gasteiger partial charge in [-0.05, 0) is 37.8 Å². The summed E-state index contributed by atoms with van der Waals surface area (Å²) in [7, 11) is -3.09. The number of likely N-dealkylation sites (tertiary alicyclic amines) is 1. The Bertz CT molecular complexity index is 750. The Morgan fingerprint density at radius 2 is 2.04 bits per heavy atom. The third kappa shape index (κ3) is 2.63. The minimum Gasteiger partial charge on any atom is -0.337 e. The van der Waals surface area contributed by atoms with E-state index < -0.39 is 10.0 Å². The van der Waals surface area contributed by atoms with Crippen LogP contribution in [0, 0.1) is 5.41 Å². The number of pyridine rings is 1. The van der Waals surface area contributed by atoms with E-state index in [1.165, 1.54) is 0 Å². The molecule has 1 saturated carbocycles. The highest BCUT2D eigenvalue weighted by atomic mass is 32.2. The maximum atomic E-state index is 12.5. The van der Waals surface area contributed by atoms with Gasteiger partial charge in [0, 0.05) is 43.5 Å². The number of hydrogen-bond donors (Lipinski definition) is 0. The van der Waals surface area contributed by atoms with E-state index in [0.29, 0.717) is 31.7 Å². The molecule has 0 atom stereocenters. The third-order valence-electron chi connectivity index (χ3n) is 5.48. The van der Waals surface area contributed by atoms with Gasteiger partial charge in [-0.25, -0.2) is 12.7 Å². The summed E-state index contributed by atoms with van der Waals surface area (Å²) in [6, 6.07) is 3.72. The minimum absolute atomic E-state index is 0.000668. The van der Waals surface area contributed by atoms with Gasteiger partial charge in [0.25, 0.3) is 5.91 Å². The molecule has 7 heteroatoms. The molecular formula is C17H23N3O3S. The Kier molecular flexibility index (Phi) is 3.69. The molecule has 6 nitrogen and oxygen atoms in total. The number of sulfonamides is 1. The van der Waals surface area contributed by atoms with E-state index in [2.05, 4.69) is 4.98 Å². The number of carbonyl (C=O) groups excluding carboxylic acids is 1. The molecule has 0 aromatic carbocycles. The predicted molar refractivity (Wildman–Crippen MR) is 90.1 cm³/mol. The monoisotopic (exact) mass is 349 g/mol. The average molecular weight is 349 g/mol. The van der Waals surface area contributed by atoms with Crippen LogP contribution in [0.3, 0.4) is 0 Å². The molecule has 1 aromatic heterocycles. The second-order valence-corrected chi connectivity index (χ2v) is 9.59. The van der Waals surface area contributed by atoms with Crippen molar-refractivity contribution >= 4 is 15.9 Å². The first-order valence-electron chi connectivity index (χ1n) is 8.67. The predicted octanol–water partition coefficient (Wildman–Crippen LogP) is 1.28. The molecule has 3 aliphatic rings. The Balaban J connectivity index is 1.38. The van der Waals surface area contributed by atoms with E-state index in [0.717, 1.165) is 31.4 Å². The van der Waals surface area contributed by atoms with Crippen LogP contribution in [0.25, 0.3) is 0 Å². The number of aryl methyl sites for hydroxylation is 1. The minimum atomic E-state index is -3.09. The SMILES string of the molecule is CCc1ccc(C(=O)N2CC3(CCN(S(=O)(=O)C4CC4)C3)C2)cn1. The average Bonchev–Trinajstić information content (AvgIpc) is 3.32. The highest BCUT2D eigenvalue weighted by Crippen LogP contribution is 2.43. The number of rotatable bonds is 4. The van der Waals surface area contributed by atoms with Crippen LogP contribution in [0.1, 0.15) is 42.2 Å². The molecule has 2 aliphatic heterocycles. The second-order valence-electron chi connectivity index (χ2n) is 7.38. The molecule has 24 heavy (non-hydrogen) atoms. The van der Waals surface area contributed by atoms with Gasteiger partial charge in [-0.15, -0.1) is 0 Å². The van der Waals surface area contributed by atoms with Crippen molar-refractivity contribution < 1.29 is 13.2 Å². The van der Waals surface area contributed by atoms with E-state index in [1.807, 2.05) is 24.0 Å². The molecule has 1 aromatic rings. The van der Waals surface area contributed by atoms with Gasteiger partial charge in [-0.2, -0.15) is 0 Å². The zero-order chi connectivity index (χ0) is 16.9. The zero-order valence-electron chi connectivity index (χ0n) is 13.9. The van der Waals surface area contributed by atoms with Crippen molar-refractivity contribution in [3.05, 3.63) is 29.6 Å². The first-order chi connectivity index (χ1) is 11.4. The van der Waals surface area contributed by atoms with Crippen molar-refractivity contribution in [2.24, 2.45) is 5.41 Å². The van der Waals surface area contributed by atoms with Crippen molar-refractivity contribution in [3.63, 3.8) is 0 Å². The summed E-state index contributed by atoms with van der Waals surface area (Å²) in [6.07, 6.45) is 4.96. The molecule has 4 rings (SSSR count). The van der Waals surface area contributed by atoms with Gasteiger partial charge in [0.15, 0.2) is 0 Å². The van der Waals surface area contributed by atoms with Crippen molar-refractivity contribution in [3.8, 4) is 0 Å². The van der Waals surface area contributed by atoms with Crippen LogP contribution in [-0.4, -0.2) is 59.9 Å². The molecule has 1 spiro atoms. The standard InChI is InChI=1S/C17H23N3O3S/c1-2-14-4-3-13(9-18-14)16(21)19-10-17(11-19)7-8-20(12-17)24(22,23)15-5-6-15/h3-4,9,15H,2,5-8,10-12H2,1H3. The summed E-state index contributed by atoms with van der Waals surface area (Å²) in [6.45, 7) is 4.51. The fourth-order valence-corrected chi connectivity index (χ4v) is 5.75. The largest absolute Gasteiger partial charge is 0.337 e.